The van der Waals surface area contributed by atoms with Crippen LogP contribution in [0, 0.1) is 10.9 Å². The molecule has 1 N–H and O–H groups in total. The van der Waals surface area contributed by atoms with Crippen molar-refractivity contribution < 1.29 is 9.90 Å². The number of hydrogen-bond donors (Lipinski definition) is 1. The van der Waals surface area contributed by atoms with Gasteiger partial charge in [0, 0.05) is 5.22 Å². The molecule has 2 heterocycles. The van der Waals surface area contributed by atoms with Crippen molar-refractivity contribution in [3.63, 3.8) is 0 Å². The molecule has 1 aromatic heterocycles. The van der Waals surface area contributed by atoms with Crippen molar-refractivity contribution in [1.29, 1.82) is 0 Å². The molecule has 1 aliphatic heterocycles. The largest absolute Gasteiger partial charge is 0.493 e. The average molecular weight is 352 g/mol. The Kier molecular flexibility index (Phi) is 3.44. The molecule has 0 saturated heterocycles. The molecular weight excluding hydrogens is 340 g/mol. The molecular formula is C18H12N2O2S2. The summed E-state index contributed by atoms with van der Waals surface area (Å²) in [6, 6.07) is 15.0. The van der Waals surface area contributed by atoms with Gasteiger partial charge in [0.1, 0.15) is 4.88 Å². The zero-order chi connectivity index (χ0) is 16.8. The number of hydrogen-bond acceptors (Lipinski definition) is 4. The van der Waals surface area contributed by atoms with E-state index in [-0.39, 0.29) is 11.8 Å². The monoisotopic (exact) mass is 352 g/mol. The normalized spacial score (nSPS) is 13.0. The Balaban J connectivity index is 2.01. The Morgan fingerprint density at radius 3 is 2.75 bits per heavy atom. The highest BCUT2D eigenvalue weighted by Crippen LogP contribution is 2.34. The fourth-order valence-electron chi connectivity index (χ4n) is 2.81. The highest BCUT2D eigenvalue weighted by molar-refractivity contribution is 7.73. The molecule has 3 aromatic rings. The summed E-state index contributed by atoms with van der Waals surface area (Å²) in [6.07, 6.45) is 0. The van der Waals surface area contributed by atoms with Gasteiger partial charge in [0.15, 0.2) is 3.95 Å². The van der Waals surface area contributed by atoms with Crippen molar-refractivity contribution >= 4 is 35.0 Å². The number of thiazole rings is 1. The fraction of sp³-hybridized carbons (Fsp3) is 0.0556. The minimum atomic E-state index is -0.348. The first-order valence-corrected chi connectivity index (χ1v) is 8.53. The number of carbonyl (C=O) groups is 1. The molecule has 24 heavy (non-hydrogen) atoms. The third kappa shape index (κ3) is 2.23. The summed E-state index contributed by atoms with van der Waals surface area (Å²) in [5.74, 6) is -0.370. The molecule has 0 spiro atoms. The maximum atomic E-state index is 12.3. The maximum Gasteiger partial charge on any atom is 0.279 e. The molecule has 0 bridgehead atoms. The number of amides is 1. The minimum Gasteiger partial charge on any atom is -0.493 e. The molecule has 0 unspecified atom stereocenters. The van der Waals surface area contributed by atoms with Gasteiger partial charge in [-0.3, -0.25) is 9.36 Å². The standard InChI is InChI=1S/C18H12N2O2S2/c1-10-5-4-6-11(9-10)20-17(22)15(24-18(20)23)14-12-7-2-3-8-13(12)19-16(14)21/h2-9,22H,1H3. The van der Waals surface area contributed by atoms with Gasteiger partial charge in [-0.2, -0.15) is 0 Å². The van der Waals surface area contributed by atoms with Crippen molar-refractivity contribution in [2.75, 3.05) is 0 Å². The van der Waals surface area contributed by atoms with Crippen LogP contribution in [-0.2, 0) is 4.79 Å². The van der Waals surface area contributed by atoms with E-state index < -0.39 is 0 Å². The lowest BCUT2D eigenvalue weighted by Crippen LogP contribution is -2.22. The predicted octanol–water partition coefficient (Wildman–Crippen LogP) is 2.64. The Bertz CT molecular complexity index is 1170. The Labute approximate surface area is 146 Å². The second-order valence-corrected chi connectivity index (χ2v) is 7.15. The van der Waals surface area contributed by atoms with Crippen LogP contribution in [0.25, 0.3) is 11.3 Å². The van der Waals surface area contributed by atoms with Crippen molar-refractivity contribution in [1.82, 2.24) is 4.57 Å². The molecule has 0 radical (unpaired) electrons. The summed E-state index contributed by atoms with van der Waals surface area (Å²) in [4.78, 5) is 16.9. The lowest BCUT2D eigenvalue weighted by molar-refractivity contribution is -0.112. The van der Waals surface area contributed by atoms with E-state index in [1.165, 1.54) is 11.3 Å². The molecule has 4 rings (SSSR count). The number of benzene rings is 2. The van der Waals surface area contributed by atoms with Crippen LogP contribution in [0.4, 0.5) is 0 Å². The Hall–Kier alpha value is -2.57. The van der Waals surface area contributed by atoms with Crippen LogP contribution in [0.1, 0.15) is 10.4 Å². The van der Waals surface area contributed by atoms with Gasteiger partial charge in [-0.25, -0.2) is 4.99 Å². The molecule has 0 atom stereocenters. The topological polar surface area (TPSA) is 54.6 Å². The summed E-state index contributed by atoms with van der Waals surface area (Å²) >= 11 is 6.64. The van der Waals surface area contributed by atoms with Gasteiger partial charge in [0.05, 0.1) is 16.6 Å². The SMILES string of the molecule is Cc1cccc(-n2c(O)c(C3=c4ccccc4=NC3=O)sc2=S)c1. The molecule has 0 saturated carbocycles. The van der Waals surface area contributed by atoms with Crippen LogP contribution in [0.5, 0.6) is 5.88 Å². The van der Waals surface area contributed by atoms with Crippen LogP contribution in [0.2, 0.25) is 0 Å². The fourth-order valence-corrected chi connectivity index (χ4v) is 4.19. The second kappa shape index (κ2) is 5.51. The van der Waals surface area contributed by atoms with E-state index in [9.17, 15) is 9.90 Å². The lowest BCUT2D eigenvalue weighted by Gasteiger charge is -2.06. The van der Waals surface area contributed by atoms with E-state index in [2.05, 4.69) is 4.99 Å². The number of fused-ring (bicyclic) bond motifs is 1. The number of rotatable bonds is 2. The molecule has 6 heteroatoms. The second-order valence-electron chi connectivity index (χ2n) is 5.50. The summed E-state index contributed by atoms with van der Waals surface area (Å²) < 4.78 is 2.07. The first-order valence-electron chi connectivity index (χ1n) is 7.31. The van der Waals surface area contributed by atoms with Crippen LogP contribution in [-0.4, -0.2) is 15.6 Å². The van der Waals surface area contributed by atoms with E-state index in [4.69, 9.17) is 12.2 Å². The van der Waals surface area contributed by atoms with Crippen molar-refractivity contribution in [3.8, 4) is 11.6 Å². The predicted molar refractivity (Wildman–Crippen MR) is 95.6 cm³/mol. The van der Waals surface area contributed by atoms with Crippen LogP contribution >= 0.6 is 23.6 Å². The smallest absolute Gasteiger partial charge is 0.279 e. The van der Waals surface area contributed by atoms with Gasteiger partial charge >= 0.3 is 0 Å². The molecule has 0 aliphatic carbocycles. The first-order chi connectivity index (χ1) is 11.6. The number of nitrogens with zero attached hydrogens (tertiary/aromatic N) is 2. The van der Waals surface area contributed by atoms with Gasteiger partial charge in [0.2, 0.25) is 5.88 Å². The van der Waals surface area contributed by atoms with Crippen LogP contribution in [0.15, 0.2) is 53.5 Å². The summed E-state index contributed by atoms with van der Waals surface area (Å²) in [6.45, 7) is 1.97. The zero-order valence-electron chi connectivity index (χ0n) is 12.7. The molecule has 0 fully saturated rings. The van der Waals surface area contributed by atoms with Gasteiger partial charge in [-0.05, 0) is 42.9 Å². The maximum absolute atomic E-state index is 12.3. The van der Waals surface area contributed by atoms with Crippen LogP contribution in [0.3, 0.4) is 0 Å². The third-order valence-electron chi connectivity index (χ3n) is 3.88. The van der Waals surface area contributed by atoms with Crippen molar-refractivity contribution in [2.24, 2.45) is 4.99 Å². The summed E-state index contributed by atoms with van der Waals surface area (Å²) in [5.41, 5.74) is 2.24. The summed E-state index contributed by atoms with van der Waals surface area (Å²) in [7, 11) is 0. The molecule has 2 aromatic carbocycles. The van der Waals surface area contributed by atoms with Crippen LogP contribution < -0.4 is 10.6 Å². The number of aromatic hydroxyl groups is 1. The number of carbonyl (C=O) groups excluding carboxylic acids is 1. The van der Waals surface area contributed by atoms with Crippen molar-refractivity contribution in [2.45, 2.75) is 6.92 Å². The van der Waals surface area contributed by atoms with Crippen molar-refractivity contribution in [3.05, 3.63) is 73.5 Å². The Morgan fingerprint density at radius 1 is 1.17 bits per heavy atom. The van der Waals surface area contributed by atoms with Gasteiger partial charge in [-0.15, -0.1) is 11.3 Å². The highest BCUT2D eigenvalue weighted by Gasteiger charge is 2.25. The zero-order valence-corrected chi connectivity index (χ0v) is 14.3. The molecule has 4 nitrogen and oxygen atoms in total. The van der Waals surface area contributed by atoms with E-state index in [0.29, 0.717) is 19.8 Å². The quantitative estimate of drug-likeness (QED) is 0.722. The summed E-state index contributed by atoms with van der Waals surface area (Å²) in [5, 5.41) is 12.1. The minimum absolute atomic E-state index is 0.0224. The van der Waals surface area contributed by atoms with E-state index in [1.54, 1.807) is 10.6 Å². The molecule has 1 aliphatic rings. The highest BCUT2D eigenvalue weighted by atomic mass is 32.1. The number of aromatic nitrogens is 1. The van der Waals surface area contributed by atoms with Gasteiger partial charge in [0.25, 0.3) is 5.91 Å². The number of para-hydroxylation sites is 1. The van der Waals surface area contributed by atoms with E-state index >= 15 is 0 Å². The number of aryl methyl sites for hydroxylation is 1. The average Bonchev–Trinajstić information content (AvgIpc) is 3.02. The van der Waals surface area contributed by atoms with E-state index in [0.717, 1.165) is 16.5 Å². The Morgan fingerprint density at radius 2 is 1.96 bits per heavy atom. The third-order valence-corrected chi connectivity index (χ3v) is 5.26. The first kappa shape index (κ1) is 15.0. The van der Waals surface area contributed by atoms with Gasteiger partial charge in [-0.1, -0.05) is 30.3 Å². The molecule has 118 valence electrons. The van der Waals surface area contributed by atoms with Gasteiger partial charge < -0.3 is 5.11 Å². The van der Waals surface area contributed by atoms with E-state index in [1.807, 2.05) is 49.4 Å². The molecule has 1 amide bonds. The lowest BCUT2D eigenvalue weighted by atomic mass is 10.1.